The highest BCUT2D eigenvalue weighted by atomic mass is 19.1. The number of benzene rings is 4. The smallest absolute Gasteiger partial charge is 0.177 e. The summed E-state index contributed by atoms with van der Waals surface area (Å²) >= 11 is 0. The van der Waals surface area contributed by atoms with Crippen molar-refractivity contribution < 1.29 is 19.4 Å². The molecule has 5 nitrogen and oxygen atoms in total. The van der Waals surface area contributed by atoms with E-state index in [-0.39, 0.29) is 18.5 Å². The molecule has 0 spiro atoms. The minimum Gasteiger partial charge on any atom is -0.392 e. The van der Waals surface area contributed by atoms with Crippen LogP contribution in [-0.4, -0.2) is 42.0 Å². The third kappa shape index (κ3) is 7.18. The molecule has 0 saturated heterocycles. The zero-order chi connectivity index (χ0) is 27.7. The van der Waals surface area contributed by atoms with Crippen LogP contribution in [-0.2, 0) is 17.0 Å². The molecule has 2 N–H and O–H groups in total. The number of aliphatic hydroxyl groups is 2. The molecule has 0 aliphatic rings. The summed E-state index contributed by atoms with van der Waals surface area (Å²) in [6.45, 7) is 0.510. The molecule has 202 valence electrons. The van der Waals surface area contributed by atoms with Crippen molar-refractivity contribution in [3.05, 3.63) is 142 Å². The Labute approximate surface area is 229 Å². The molecule has 0 aromatic heterocycles. The predicted octanol–water partition coefficient (Wildman–Crippen LogP) is 6.04. The van der Waals surface area contributed by atoms with Crippen molar-refractivity contribution in [1.29, 1.82) is 0 Å². The van der Waals surface area contributed by atoms with E-state index >= 15 is 0 Å². The lowest BCUT2D eigenvalue weighted by Gasteiger charge is -2.32. The van der Waals surface area contributed by atoms with E-state index in [9.17, 15) is 14.6 Å². The lowest BCUT2D eigenvalue weighted by molar-refractivity contribution is 0.0641. The van der Waals surface area contributed by atoms with Gasteiger partial charge in [0.2, 0.25) is 0 Å². The first kappa shape index (κ1) is 28.2. The Bertz CT molecular complexity index is 1310. The molecule has 0 bridgehead atoms. The van der Waals surface area contributed by atoms with Crippen molar-refractivity contribution in [2.75, 3.05) is 20.6 Å². The van der Waals surface area contributed by atoms with Crippen LogP contribution in [0.1, 0.15) is 52.3 Å². The van der Waals surface area contributed by atoms with Gasteiger partial charge in [-0.25, -0.2) is 4.39 Å². The molecule has 0 radical (unpaired) electrons. The van der Waals surface area contributed by atoms with Crippen LogP contribution in [0, 0.1) is 5.82 Å². The molecule has 6 heteroatoms. The molecule has 1 atom stereocenters. The summed E-state index contributed by atoms with van der Waals surface area (Å²) in [6.07, 6.45) is 2.35. The highest BCUT2D eigenvalue weighted by molar-refractivity contribution is 5.79. The van der Waals surface area contributed by atoms with Crippen LogP contribution < -0.4 is 0 Å². The highest BCUT2D eigenvalue weighted by Gasteiger charge is 2.33. The monoisotopic (exact) mass is 526 g/mol. The quantitative estimate of drug-likeness (QED) is 0.175. The first-order valence-corrected chi connectivity index (χ1v) is 13.1. The first-order chi connectivity index (χ1) is 18.9. The predicted molar refractivity (Wildman–Crippen MR) is 153 cm³/mol. The van der Waals surface area contributed by atoms with Crippen LogP contribution in [0.3, 0.4) is 0 Å². The number of oxime groups is 1. The molecule has 0 saturated carbocycles. The normalized spacial score (nSPS) is 13.2. The molecule has 0 heterocycles. The Morgan fingerprint density at radius 2 is 1.51 bits per heavy atom. The lowest BCUT2D eigenvalue weighted by Crippen LogP contribution is -2.30. The van der Waals surface area contributed by atoms with Gasteiger partial charge in [0.15, 0.2) is 6.10 Å². The number of rotatable bonds is 12. The Kier molecular flexibility index (Phi) is 9.60. The summed E-state index contributed by atoms with van der Waals surface area (Å²) in [6, 6.07) is 31.1. The number of hydrogen-bond donors (Lipinski definition) is 2. The Hall–Kier alpha value is -3.84. The van der Waals surface area contributed by atoms with Crippen molar-refractivity contribution in [3.63, 3.8) is 0 Å². The highest BCUT2D eigenvalue weighted by Crippen LogP contribution is 2.37. The zero-order valence-corrected chi connectivity index (χ0v) is 22.4. The Balaban J connectivity index is 1.61. The van der Waals surface area contributed by atoms with Crippen molar-refractivity contribution in [3.8, 4) is 0 Å². The van der Waals surface area contributed by atoms with Gasteiger partial charge in [-0.15, -0.1) is 0 Å². The SMILES string of the molecule is CN(C)CCCC(O)(c1ccc(F)cc1)c1ccc(/C=N/OC(c2ccccc2)c2ccccc2)cc1CO. The second kappa shape index (κ2) is 13.3. The maximum atomic E-state index is 13.7. The summed E-state index contributed by atoms with van der Waals surface area (Å²) < 4.78 is 13.7. The molecule has 4 aromatic carbocycles. The minimum atomic E-state index is -1.39. The van der Waals surface area contributed by atoms with Crippen LogP contribution in [0.4, 0.5) is 4.39 Å². The molecule has 0 aliphatic carbocycles. The number of hydrogen-bond acceptors (Lipinski definition) is 5. The molecule has 0 fully saturated rings. The molecule has 1 unspecified atom stereocenters. The maximum absolute atomic E-state index is 13.7. The Morgan fingerprint density at radius 1 is 0.897 bits per heavy atom. The van der Waals surface area contributed by atoms with E-state index in [1.807, 2.05) is 80.8 Å². The van der Waals surface area contributed by atoms with E-state index in [0.29, 0.717) is 29.5 Å². The van der Waals surface area contributed by atoms with E-state index in [1.54, 1.807) is 30.5 Å². The number of aliphatic hydroxyl groups excluding tert-OH is 1. The van der Waals surface area contributed by atoms with E-state index in [4.69, 9.17) is 4.84 Å². The van der Waals surface area contributed by atoms with Crippen molar-refractivity contribution in [2.24, 2.45) is 5.16 Å². The van der Waals surface area contributed by atoms with Gasteiger partial charge in [0, 0.05) is 0 Å². The van der Waals surface area contributed by atoms with Crippen LogP contribution >= 0.6 is 0 Å². The largest absolute Gasteiger partial charge is 0.392 e. The van der Waals surface area contributed by atoms with E-state index in [1.165, 1.54) is 12.1 Å². The van der Waals surface area contributed by atoms with Gasteiger partial charge >= 0.3 is 0 Å². The van der Waals surface area contributed by atoms with Crippen molar-refractivity contribution >= 4 is 6.21 Å². The van der Waals surface area contributed by atoms with Gasteiger partial charge in [0.05, 0.1) is 12.8 Å². The van der Waals surface area contributed by atoms with Gasteiger partial charge in [-0.3, -0.25) is 0 Å². The molecule has 4 rings (SSSR count). The van der Waals surface area contributed by atoms with E-state index in [2.05, 4.69) is 10.1 Å². The van der Waals surface area contributed by atoms with E-state index < -0.39 is 5.60 Å². The summed E-state index contributed by atoms with van der Waals surface area (Å²) in [5.41, 5.74) is 3.02. The molecule has 0 amide bonds. The Morgan fingerprint density at radius 3 is 2.08 bits per heavy atom. The first-order valence-electron chi connectivity index (χ1n) is 13.1. The molecule has 4 aromatic rings. The summed E-state index contributed by atoms with van der Waals surface area (Å²) in [4.78, 5) is 8.01. The fourth-order valence-corrected chi connectivity index (χ4v) is 4.76. The molecular weight excluding hydrogens is 491 g/mol. The third-order valence-corrected chi connectivity index (χ3v) is 6.78. The third-order valence-electron chi connectivity index (χ3n) is 6.78. The molecule has 39 heavy (non-hydrogen) atoms. The topological polar surface area (TPSA) is 65.3 Å². The maximum Gasteiger partial charge on any atom is 0.177 e. The second-order valence-electron chi connectivity index (χ2n) is 9.89. The molecular formula is C33H35FN2O3. The van der Waals surface area contributed by atoms with Crippen molar-refractivity contribution in [2.45, 2.75) is 31.2 Å². The fourth-order valence-electron chi connectivity index (χ4n) is 4.76. The number of nitrogens with zero attached hydrogens (tertiary/aromatic N) is 2. The minimum absolute atomic E-state index is 0.272. The summed E-state index contributed by atoms with van der Waals surface area (Å²) in [5, 5.41) is 26.5. The summed E-state index contributed by atoms with van der Waals surface area (Å²) in [5.74, 6) is -0.368. The summed E-state index contributed by atoms with van der Waals surface area (Å²) in [7, 11) is 3.96. The standard InChI is InChI=1S/C33H35FN2O3/c1-36(2)21-9-20-33(38,29-15-17-30(34)18-16-29)31-19-14-25(22-28(31)24-37)23-35-39-32(26-10-5-3-6-11-26)27-12-7-4-8-13-27/h3-8,10-19,22-23,32,37-38H,9,20-21,24H2,1-2H3/b35-23+. The van der Waals surface area contributed by atoms with Crippen LogP contribution in [0.25, 0.3) is 0 Å². The van der Waals surface area contributed by atoms with Gasteiger partial charge < -0.3 is 20.0 Å². The number of halogens is 1. The van der Waals surface area contributed by atoms with Gasteiger partial charge in [-0.2, -0.15) is 0 Å². The van der Waals surface area contributed by atoms with Gasteiger partial charge in [-0.05, 0) is 85.1 Å². The average molecular weight is 527 g/mol. The zero-order valence-electron chi connectivity index (χ0n) is 22.4. The van der Waals surface area contributed by atoms with Gasteiger partial charge in [0.25, 0.3) is 0 Å². The second-order valence-corrected chi connectivity index (χ2v) is 9.89. The van der Waals surface area contributed by atoms with Crippen LogP contribution in [0.2, 0.25) is 0 Å². The van der Waals surface area contributed by atoms with Gasteiger partial charge in [0.1, 0.15) is 11.4 Å². The van der Waals surface area contributed by atoms with Crippen molar-refractivity contribution in [1.82, 2.24) is 4.90 Å². The average Bonchev–Trinajstić information content (AvgIpc) is 2.96. The van der Waals surface area contributed by atoms with Gasteiger partial charge in [-0.1, -0.05) is 90.1 Å². The van der Waals surface area contributed by atoms with E-state index in [0.717, 1.165) is 23.2 Å². The molecule has 0 aliphatic heterocycles. The fraction of sp³-hybridized carbons (Fsp3) is 0.242. The lowest BCUT2D eigenvalue weighted by atomic mass is 9.80. The van der Waals surface area contributed by atoms with Crippen LogP contribution in [0.15, 0.2) is 108 Å². The van der Waals surface area contributed by atoms with Crippen LogP contribution in [0.5, 0.6) is 0 Å².